The predicted molar refractivity (Wildman–Crippen MR) is 133 cm³/mol. The van der Waals surface area contributed by atoms with Gasteiger partial charge in [-0.1, -0.05) is 34.1 Å². The van der Waals surface area contributed by atoms with Crippen LogP contribution >= 0.6 is 15.9 Å². The van der Waals surface area contributed by atoms with Crippen molar-refractivity contribution < 1.29 is 23.8 Å². The van der Waals surface area contributed by atoms with Gasteiger partial charge in [-0.2, -0.15) is 5.10 Å². The second kappa shape index (κ2) is 12.4. The van der Waals surface area contributed by atoms with Gasteiger partial charge in [-0.15, -0.1) is 0 Å². The number of nitrogens with zero attached hydrogens (tertiary/aromatic N) is 1. The van der Waals surface area contributed by atoms with Crippen LogP contribution in [0.1, 0.15) is 17.5 Å². The first-order valence-corrected chi connectivity index (χ1v) is 11.1. The van der Waals surface area contributed by atoms with Gasteiger partial charge in [-0.05, 0) is 53.6 Å². The van der Waals surface area contributed by atoms with Gasteiger partial charge in [0, 0.05) is 16.2 Å². The van der Waals surface area contributed by atoms with Gasteiger partial charge in [-0.3, -0.25) is 9.59 Å². The van der Waals surface area contributed by atoms with Gasteiger partial charge < -0.3 is 19.5 Å². The number of hydrogen-bond donors (Lipinski definition) is 2. The van der Waals surface area contributed by atoms with Gasteiger partial charge in [0.05, 0.1) is 20.4 Å². The number of rotatable bonds is 10. The van der Waals surface area contributed by atoms with Crippen molar-refractivity contribution in [1.82, 2.24) is 5.43 Å². The molecule has 0 saturated carbocycles. The molecule has 3 aromatic carbocycles. The molecule has 0 saturated heterocycles. The van der Waals surface area contributed by atoms with Gasteiger partial charge in [0.25, 0.3) is 0 Å². The zero-order valence-corrected chi connectivity index (χ0v) is 20.3. The Morgan fingerprint density at radius 2 is 1.74 bits per heavy atom. The Kier molecular flexibility index (Phi) is 9.04. The molecule has 176 valence electrons. The van der Waals surface area contributed by atoms with E-state index in [9.17, 15) is 9.59 Å². The molecule has 8 nitrogen and oxygen atoms in total. The molecule has 0 atom stereocenters. The molecule has 0 aromatic heterocycles. The Bertz CT molecular complexity index is 1170. The monoisotopic (exact) mass is 525 g/mol. The van der Waals surface area contributed by atoms with Crippen molar-refractivity contribution in [1.29, 1.82) is 0 Å². The van der Waals surface area contributed by atoms with Crippen molar-refractivity contribution in [3.05, 3.63) is 82.3 Å². The molecule has 0 aliphatic heterocycles. The van der Waals surface area contributed by atoms with Gasteiger partial charge >= 0.3 is 0 Å². The first-order valence-electron chi connectivity index (χ1n) is 10.3. The molecule has 0 aliphatic rings. The molecule has 3 rings (SSSR count). The van der Waals surface area contributed by atoms with Gasteiger partial charge in [-0.25, -0.2) is 5.43 Å². The number of anilines is 1. The first kappa shape index (κ1) is 24.8. The molecule has 2 amide bonds. The van der Waals surface area contributed by atoms with Crippen molar-refractivity contribution >= 4 is 39.6 Å². The van der Waals surface area contributed by atoms with E-state index in [4.69, 9.17) is 14.2 Å². The van der Waals surface area contributed by atoms with Crippen LogP contribution < -0.4 is 25.0 Å². The number of hydrogen-bond acceptors (Lipinski definition) is 6. The van der Waals surface area contributed by atoms with Gasteiger partial charge in [0.1, 0.15) is 18.8 Å². The number of carbonyl (C=O) groups excluding carboxylic acids is 2. The molecule has 9 heteroatoms. The van der Waals surface area contributed by atoms with Crippen LogP contribution in [-0.2, 0) is 16.2 Å². The Morgan fingerprint density at radius 3 is 2.47 bits per heavy atom. The van der Waals surface area contributed by atoms with E-state index in [1.165, 1.54) is 13.3 Å². The van der Waals surface area contributed by atoms with Crippen LogP contribution in [0.2, 0.25) is 0 Å². The molecule has 0 spiro atoms. The summed E-state index contributed by atoms with van der Waals surface area (Å²) in [5, 5.41) is 6.55. The number of benzene rings is 3. The van der Waals surface area contributed by atoms with Gasteiger partial charge in [0.15, 0.2) is 11.5 Å². The molecule has 0 heterocycles. The van der Waals surface area contributed by atoms with E-state index >= 15 is 0 Å². The van der Waals surface area contributed by atoms with E-state index < -0.39 is 11.8 Å². The second-order valence-electron chi connectivity index (χ2n) is 7.08. The van der Waals surface area contributed by atoms with Crippen molar-refractivity contribution in [3.8, 4) is 17.2 Å². The third kappa shape index (κ3) is 7.63. The third-order valence-electron chi connectivity index (χ3n) is 4.57. The lowest BCUT2D eigenvalue weighted by molar-refractivity contribution is -0.126. The number of carbonyl (C=O) groups is 2. The lowest BCUT2D eigenvalue weighted by Gasteiger charge is -2.11. The summed E-state index contributed by atoms with van der Waals surface area (Å²) in [6.45, 7) is 0.394. The SMILES string of the molecule is COc1cccc(NC(=O)CC(=O)NN=Cc2ccc(OCc3ccc(Br)cc3)c(OC)c2)c1. The molecule has 0 bridgehead atoms. The normalized spacial score (nSPS) is 10.6. The van der Waals surface area contributed by atoms with Crippen LogP contribution in [0.4, 0.5) is 5.69 Å². The highest BCUT2D eigenvalue weighted by molar-refractivity contribution is 9.10. The van der Waals surface area contributed by atoms with Crippen LogP contribution in [0.25, 0.3) is 0 Å². The summed E-state index contributed by atoms with van der Waals surface area (Å²) in [6, 6.07) is 20.0. The fraction of sp³-hybridized carbons (Fsp3) is 0.160. The average molecular weight is 526 g/mol. The summed E-state index contributed by atoms with van der Waals surface area (Å²) in [6.07, 6.45) is 1.08. The number of halogens is 1. The van der Waals surface area contributed by atoms with Crippen LogP contribution in [0, 0.1) is 0 Å². The molecule has 2 N–H and O–H groups in total. The standard InChI is InChI=1S/C25H24BrN3O5/c1-32-21-5-3-4-20(13-21)28-24(30)14-25(31)29-27-15-18-8-11-22(23(12-18)33-2)34-16-17-6-9-19(26)10-7-17/h3-13,15H,14,16H2,1-2H3,(H,28,30)(H,29,31). The van der Waals surface area contributed by atoms with E-state index in [2.05, 4.69) is 31.8 Å². The molecular formula is C25H24BrN3O5. The number of methoxy groups -OCH3 is 2. The van der Waals surface area contributed by atoms with Crippen LogP contribution in [0.5, 0.6) is 17.2 Å². The van der Waals surface area contributed by atoms with E-state index in [1.54, 1.807) is 49.6 Å². The predicted octanol–water partition coefficient (Wildman–Crippen LogP) is 4.52. The molecule has 0 fully saturated rings. The Balaban J connectivity index is 1.50. The minimum absolute atomic E-state index is 0.374. The van der Waals surface area contributed by atoms with Crippen molar-refractivity contribution in [2.24, 2.45) is 5.10 Å². The fourth-order valence-electron chi connectivity index (χ4n) is 2.90. The average Bonchev–Trinajstić information content (AvgIpc) is 2.84. The van der Waals surface area contributed by atoms with E-state index in [0.29, 0.717) is 35.1 Å². The smallest absolute Gasteiger partial charge is 0.249 e. The maximum absolute atomic E-state index is 12.1. The maximum Gasteiger partial charge on any atom is 0.249 e. The van der Waals surface area contributed by atoms with Gasteiger partial charge in [0.2, 0.25) is 11.8 Å². The minimum atomic E-state index is -0.543. The molecule has 0 aliphatic carbocycles. The number of amides is 2. The summed E-state index contributed by atoms with van der Waals surface area (Å²) >= 11 is 3.41. The van der Waals surface area contributed by atoms with E-state index in [-0.39, 0.29) is 6.42 Å². The van der Waals surface area contributed by atoms with Crippen LogP contribution in [0.15, 0.2) is 76.3 Å². The Labute approximate surface area is 206 Å². The Morgan fingerprint density at radius 1 is 0.941 bits per heavy atom. The highest BCUT2D eigenvalue weighted by Gasteiger charge is 2.10. The van der Waals surface area contributed by atoms with Crippen molar-refractivity contribution in [2.75, 3.05) is 19.5 Å². The van der Waals surface area contributed by atoms with E-state index in [1.807, 2.05) is 24.3 Å². The van der Waals surface area contributed by atoms with Crippen LogP contribution in [-0.4, -0.2) is 32.2 Å². The highest BCUT2D eigenvalue weighted by Crippen LogP contribution is 2.28. The lowest BCUT2D eigenvalue weighted by atomic mass is 10.2. The second-order valence-corrected chi connectivity index (χ2v) is 7.99. The van der Waals surface area contributed by atoms with Crippen molar-refractivity contribution in [3.63, 3.8) is 0 Å². The summed E-state index contributed by atoms with van der Waals surface area (Å²) < 4.78 is 17.4. The summed E-state index contributed by atoms with van der Waals surface area (Å²) in [5.74, 6) is 0.714. The number of hydrazone groups is 1. The minimum Gasteiger partial charge on any atom is -0.497 e. The highest BCUT2D eigenvalue weighted by atomic mass is 79.9. The van der Waals surface area contributed by atoms with Crippen molar-refractivity contribution in [2.45, 2.75) is 13.0 Å². The topological polar surface area (TPSA) is 98.2 Å². The fourth-order valence-corrected chi connectivity index (χ4v) is 3.16. The molecule has 0 unspecified atom stereocenters. The summed E-state index contributed by atoms with van der Waals surface area (Å²) in [4.78, 5) is 24.1. The van der Waals surface area contributed by atoms with E-state index in [0.717, 1.165) is 10.0 Å². The van der Waals surface area contributed by atoms with Crippen LogP contribution in [0.3, 0.4) is 0 Å². The number of ether oxygens (including phenoxy) is 3. The quantitative estimate of drug-likeness (QED) is 0.230. The molecular weight excluding hydrogens is 502 g/mol. The number of nitrogens with one attached hydrogen (secondary N) is 2. The largest absolute Gasteiger partial charge is 0.497 e. The zero-order chi connectivity index (χ0) is 24.3. The maximum atomic E-state index is 12.1. The molecule has 3 aromatic rings. The molecule has 34 heavy (non-hydrogen) atoms. The zero-order valence-electron chi connectivity index (χ0n) is 18.7. The third-order valence-corrected chi connectivity index (χ3v) is 5.10. The first-order chi connectivity index (χ1) is 16.5. The Hall–Kier alpha value is -3.85. The molecule has 0 radical (unpaired) electrons. The lowest BCUT2D eigenvalue weighted by Crippen LogP contribution is -2.24. The summed E-state index contributed by atoms with van der Waals surface area (Å²) in [5.41, 5.74) is 4.59. The summed E-state index contributed by atoms with van der Waals surface area (Å²) in [7, 11) is 3.08.